The Bertz CT molecular complexity index is 682. The maximum absolute atomic E-state index is 6.00. The van der Waals surface area contributed by atoms with Crippen molar-refractivity contribution in [3.8, 4) is 0 Å². The SMILES string of the molecule is CC=CCOC1CCC(c2ccc(C34CCC(CCCCCCC)(CC3)CC4)cc2)CC1. The molecule has 2 bridgehead atoms. The van der Waals surface area contributed by atoms with E-state index in [0.29, 0.717) is 16.9 Å². The summed E-state index contributed by atoms with van der Waals surface area (Å²) in [5, 5.41) is 0. The third kappa shape index (κ3) is 5.69. The van der Waals surface area contributed by atoms with Gasteiger partial charge in [0.1, 0.15) is 0 Å². The van der Waals surface area contributed by atoms with Gasteiger partial charge in [0.25, 0.3) is 0 Å². The zero-order valence-corrected chi connectivity index (χ0v) is 21.0. The van der Waals surface area contributed by atoms with E-state index in [1.165, 1.54) is 103 Å². The lowest BCUT2D eigenvalue weighted by atomic mass is 9.51. The van der Waals surface area contributed by atoms with Crippen molar-refractivity contribution >= 4 is 0 Å². The molecule has 0 atom stereocenters. The third-order valence-corrected chi connectivity index (χ3v) is 9.54. The molecule has 4 fully saturated rings. The molecule has 32 heavy (non-hydrogen) atoms. The summed E-state index contributed by atoms with van der Waals surface area (Å²) >= 11 is 0. The van der Waals surface area contributed by atoms with E-state index in [4.69, 9.17) is 4.74 Å². The predicted octanol–water partition coefficient (Wildman–Crippen LogP) is 9.26. The smallest absolute Gasteiger partial charge is 0.0651 e. The van der Waals surface area contributed by atoms with Gasteiger partial charge in [0.15, 0.2) is 0 Å². The quantitative estimate of drug-likeness (QED) is 0.248. The van der Waals surface area contributed by atoms with Gasteiger partial charge in [0.2, 0.25) is 0 Å². The van der Waals surface area contributed by atoms with Crippen molar-refractivity contribution in [3.63, 3.8) is 0 Å². The summed E-state index contributed by atoms with van der Waals surface area (Å²) in [6.07, 6.45) is 27.1. The van der Waals surface area contributed by atoms with Crippen LogP contribution in [0.15, 0.2) is 36.4 Å². The summed E-state index contributed by atoms with van der Waals surface area (Å²) in [5.74, 6) is 0.737. The predicted molar refractivity (Wildman–Crippen MR) is 137 cm³/mol. The molecule has 1 heteroatoms. The molecule has 0 aromatic heterocycles. The summed E-state index contributed by atoms with van der Waals surface area (Å²) in [4.78, 5) is 0. The molecule has 0 saturated heterocycles. The topological polar surface area (TPSA) is 9.23 Å². The molecule has 0 unspecified atom stereocenters. The van der Waals surface area contributed by atoms with Crippen LogP contribution in [-0.4, -0.2) is 12.7 Å². The third-order valence-electron chi connectivity index (χ3n) is 9.54. The second-order valence-corrected chi connectivity index (χ2v) is 11.4. The van der Waals surface area contributed by atoms with Crippen LogP contribution in [0, 0.1) is 5.41 Å². The number of allylic oxidation sites excluding steroid dienone is 1. The van der Waals surface area contributed by atoms with E-state index in [2.05, 4.69) is 50.3 Å². The Balaban J connectivity index is 1.26. The van der Waals surface area contributed by atoms with Gasteiger partial charge in [-0.1, -0.05) is 75.4 Å². The highest BCUT2D eigenvalue weighted by Crippen LogP contribution is 2.59. The summed E-state index contributed by atoms with van der Waals surface area (Å²) in [7, 11) is 0. The molecular formula is C31H48O. The van der Waals surface area contributed by atoms with Crippen LogP contribution in [0.2, 0.25) is 0 Å². The Kier molecular flexibility index (Phi) is 8.55. The summed E-state index contributed by atoms with van der Waals surface area (Å²) < 4.78 is 6.00. The minimum absolute atomic E-state index is 0.469. The van der Waals surface area contributed by atoms with Gasteiger partial charge in [0.05, 0.1) is 12.7 Å². The fourth-order valence-corrected chi connectivity index (χ4v) is 7.13. The lowest BCUT2D eigenvalue weighted by molar-refractivity contribution is 0.0304. The first kappa shape index (κ1) is 24.1. The largest absolute Gasteiger partial charge is 0.374 e. The first-order valence-electron chi connectivity index (χ1n) is 14.0. The first-order chi connectivity index (χ1) is 15.7. The van der Waals surface area contributed by atoms with Crippen molar-refractivity contribution < 1.29 is 4.74 Å². The molecule has 178 valence electrons. The molecule has 0 heterocycles. The number of unbranched alkanes of at least 4 members (excludes halogenated alkanes) is 4. The van der Waals surface area contributed by atoms with E-state index in [0.717, 1.165) is 12.5 Å². The van der Waals surface area contributed by atoms with E-state index >= 15 is 0 Å². The van der Waals surface area contributed by atoms with Crippen LogP contribution in [0.5, 0.6) is 0 Å². The van der Waals surface area contributed by atoms with E-state index in [1.54, 1.807) is 11.1 Å². The summed E-state index contributed by atoms with van der Waals surface area (Å²) in [6.45, 7) is 5.17. The van der Waals surface area contributed by atoms with Crippen molar-refractivity contribution in [2.45, 2.75) is 134 Å². The minimum atomic E-state index is 0.469. The van der Waals surface area contributed by atoms with Gasteiger partial charge in [-0.2, -0.15) is 0 Å². The van der Waals surface area contributed by atoms with Gasteiger partial charge in [-0.3, -0.25) is 0 Å². The second kappa shape index (κ2) is 11.4. The minimum Gasteiger partial charge on any atom is -0.374 e. The van der Waals surface area contributed by atoms with Crippen LogP contribution in [0.25, 0.3) is 0 Å². The molecule has 0 aliphatic heterocycles. The molecule has 1 nitrogen and oxygen atoms in total. The highest BCUT2D eigenvalue weighted by Gasteiger charge is 2.48. The van der Waals surface area contributed by atoms with Crippen molar-refractivity contribution in [3.05, 3.63) is 47.5 Å². The fourth-order valence-electron chi connectivity index (χ4n) is 7.13. The normalized spacial score (nSPS) is 32.6. The standard InChI is InChI=1S/C31H48O/c1-3-5-7-8-9-18-30-19-22-31(23-20-30,24-21-30)28-14-10-26(11-15-28)27-12-16-29(17-13-27)32-25-6-4-2/h4,6,10-11,14-15,27,29H,3,5,7-9,12-13,16-25H2,1-2H3. The van der Waals surface area contributed by atoms with Gasteiger partial charge >= 0.3 is 0 Å². The molecule has 4 saturated carbocycles. The van der Waals surface area contributed by atoms with Crippen molar-refractivity contribution in [2.24, 2.45) is 5.41 Å². The zero-order valence-electron chi connectivity index (χ0n) is 21.0. The molecule has 0 N–H and O–H groups in total. The summed E-state index contributed by atoms with van der Waals surface area (Å²) in [6, 6.07) is 10.0. The second-order valence-electron chi connectivity index (χ2n) is 11.4. The molecule has 1 aromatic carbocycles. The van der Waals surface area contributed by atoms with Crippen molar-refractivity contribution in [1.82, 2.24) is 0 Å². The Morgan fingerprint density at radius 3 is 2.12 bits per heavy atom. The van der Waals surface area contributed by atoms with Gasteiger partial charge in [-0.15, -0.1) is 0 Å². The average Bonchev–Trinajstić information content (AvgIpc) is 2.86. The molecular weight excluding hydrogens is 388 g/mol. The van der Waals surface area contributed by atoms with Gasteiger partial charge < -0.3 is 4.74 Å². The number of hydrogen-bond donors (Lipinski definition) is 0. The number of ether oxygens (including phenoxy) is 1. The molecule has 0 radical (unpaired) electrons. The molecule has 1 aromatic rings. The lowest BCUT2D eigenvalue weighted by Gasteiger charge is -2.54. The van der Waals surface area contributed by atoms with Crippen molar-refractivity contribution in [2.75, 3.05) is 6.61 Å². The Morgan fingerprint density at radius 2 is 1.50 bits per heavy atom. The van der Waals surface area contributed by atoms with Crippen LogP contribution in [0.1, 0.15) is 134 Å². The van der Waals surface area contributed by atoms with Crippen LogP contribution >= 0.6 is 0 Å². The molecule has 4 aliphatic rings. The Hall–Kier alpha value is -1.08. The maximum Gasteiger partial charge on any atom is 0.0651 e. The van der Waals surface area contributed by atoms with Crippen molar-refractivity contribution in [1.29, 1.82) is 0 Å². The van der Waals surface area contributed by atoms with Gasteiger partial charge in [-0.25, -0.2) is 0 Å². The molecule has 0 spiro atoms. The fraction of sp³-hybridized carbons (Fsp3) is 0.742. The lowest BCUT2D eigenvalue weighted by Crippen LogP contribution is -2.44. The van der Waals surface area contributed by atoms with E-state index in [1.807, 2.05) is 0 Å². The average molecular weight is 437 g/mol. The number of hydrogen-bond acceptors (Lipinski definition) is 1. The highest BCUT2D eigenvalue weighted by atomic mass is 16.5. The van der Waals surface area contributed by atoms with E-state index < -0.39 is 0 Å². The molecule has 4 aliphatic carbocycles. The first-order valence-corrected chi connectivity index (χ1v) is 14.0. The maximum atomic E-state index is 6.00. The van der Waals surface area contributed by atoms with Gasteiger partial charge in [-0.05, 0) is 105 Å². The van der Waals surface area contributed by atoms with E-state index in [-0.39, 0.29) is 0 Å². The number of benzene rings is 1. The van der Waals surface area contributed by atoms with Crippen LogP contribution in [0.3, 0.4) is 0 Å². The van der Waals surface area contributed by atoms with Crippen LogP contribution in [0.4, 0.5) is 0 Å². The zero-order chi connectivity index (χ0) is 22.3. The van der Waals surface area contributed by atoms with Crippen LogP contribution in [-0.2, 0) is 10.2 Å². The number of fused-ring (bicyclic) bond motifs is 3. The molecule has 0 amide bonds. The summed E-state index contributed by atoms with van der Waals surface area (Å²) in [5.41, 5.74) is 4.44. The number of rotatable bonds is 11. The van der Waals surface area contributed by atoms with Crippen LogP contribution < -0.4 is 0 Å². The molecule has 5 rings (SSSR count). The Labute approximate surface area is 198 Å². The Morgan fingerprint density at radius 1 is 0.844 bits per heavy atom. The monoisotopic (exact) mass is 436 g/mol. The van der Waals surface area contributed by atoms with E-state index in [9.17, 15) is 0 Å². The highest BCUT2D eigenvalue weighted by molar-refractivity contribution is 5.33. The van der Waals surface area contributed by atoms with Gasteiger partial charge in [0, 0.05) is 0 Å².